The van der Waals surface area contributed by atoms with Gasteiger partial charge in [0.25, 0.3) is 11.4 Å². The smallest absolute Gasteiger partial charge is 0.260 e. The number of aromatic nitrogens is 4. The van der Waals surface area contributed by atoms with Crippen molar-refractivity contribution < 1.29 is 4.42 Å². The summed E-state index contributed by atoms with van der Waals surface area (Å²) >= 11 is 4.56. The first-order valence-corrected chi connectivity index (χ1v) is 12.1. The predicted molar refractivity (Wildman–Crippen MR) is 120 cm³/mol. The molecule has 0 aliphatic heterocycles. The first-order chi connectivity index (χ1) is 14.0. The summed E-state index contributed by atoms with van der Waals surface area (Å²) in [4.78, 5) is 23.4. The zero-order valence-corrected chi connectivity index (χ0v) is 19.1. The van der Waals surface area contributed by atoms with Crippen molar-refractivity contribution >= 4 is 44.7 Å². The highest BCUT2D eigenvalue weighted by atomic mass is 32.2. The topological polar surface area (TPSA) is 84.7 Å². The number of aromatic amines is 1. The molecule has 4 heterocycles. The Morgan fingerprint density at radius 1 is 1.31 bits per heavy atom. The molecule has 4 aromatic rings. The maximum absolute atomic E-state index is 12.8. The van der Waals surface area contributed by atoms with Crippen molar-refractivity contribution in [2.24, 2.45) is 5.92 Å². The van der Waals surface area contributed by atoms with Gasteiger partial charge in [-0.15, -0.1) is 32.9 Å². The summed E-state index contributed by atoms with van der Waals surface area (Å²) in [7, 11) is 0. The molecule has 0 saturated carbocycles. The van der Waals surface area contributed by atoms with Crippen LogP contribution in [0, 0.1) is 12.8 Å². The van der Waals surface area contributed by atoms with Gasteiger partial charge in [0.2, 0.25) is 5.89 Å². The molecule has 152 valence electrons. The van der Waals surface area contributed by atoms with E-state index in [1.807, 2.05) is 24.4 Å². The third kappa shape index (κ3) is 4.17. The second kappa shape index (κ2) is 8.41. The summed E-state index contributed by atoms with van der Waals surface area (Å²) in [5.41, 5.74) is 1.06. The summed E-state index contributed by atoms with van der Waals surface area (Å²) in [5, 5.41) is 11.4. The summed E-state index contributed by atoms with van der Waals surface area (Å²) in [6.45, 7) is 8.43. The van der Waals surface area contributed by atoms with E-state index >= 15 is 0 Å². The lowest BCUT2D eigenvalue weighted by molar-refractivity contribution is 0.510. The van der Waals surface area contributed by atoms with Crippen molar-refractivity contribution in [3.05, 3.63) is 44.2 Å². The van der Waals surface area contributed by atoms with Crippen LogP contribution in [0.2, 0.25) is 0 Å². The summed E-state index contributed by atoms with van der Waals surface area (Å²) < 4.78 is 5.81. The molecule has 4 aromatic heterocycles. The fourth-order valence-corrected chi connectivity index (χ4v) is 5.65. The van der Waals surface area contributed by atoms with Crippen LogP contribution < -0.4 is 5.56 Å². The third-order valence-electron chi connectivity index (χ3n) is 4.90. The number of hydrogen-bond donors (Lipinski definition) is 1. The fraction of sp³-hybridized carbons (Fsp3) is 0.400. The minimum absolute atomic E-state index is 0.0721. The zero-order valence-electron chi connectivity index (χ0n) is 16.7. The molecule has 2 atom stereocenters. The second-order valence-electron chi connectivity index (χ2n) is 7.09. The van der Waals surface area contributed by atoms with Crippen LogP contribution in [0.25, 0.3) is 21.0 Å². The van der Waals surface area contributed by atoms with E-state index in [2.05, 4.69) is 36.0 Å². The zero-order chi connectivity index (χ0) is 20.5. The number of fused-ring (bicyclic) bond motifs is 1. The number of H-pyrrole nitrogens is 1. The van der Waals surface area contributed by atoms with Gasteiger partial charge in [0, 0.05) is 4.88 Å². The van der Waals surface area contributed by atoms with Gasteiger partial charge in [0.15, 0.2) is 5.16 Å². The molecule has 1 N–H and O–H groups in total. The van der Waals surface area contributed by atoms with E-state index < -0.39 is 0 Å². The van der Waals surface area contributed by atoms with Gasteiger partial charge in [-0.1, -0.05) is 38.1 Å². The molecule has 6 nitrogen and oxygen atoms in total. The molecule has 0 bridgehead atoms. The van der Waals surface area contributed by atoms with Gasteiger partial charge in [0.1, 0.15) is 4.83 Å². The van der Waals surface area contributed by atoms with E-state index in [1.165, 1.54) is 16.6 Å². The Balaban J connectivity index is 1.59. The number of hydrogen-bond acceptors (Lipinski definition) is 8. The Hall–Kier alpha value is -1.97. The lowest BCUT2D eigenvalue weighted by Crippen LogP contribution is -2.11. The van der Waals surface area contributed by atoms with Crippen LogP contribution in [-0.2, 0) is 6.42 Å². The van der Waals surface area contributed by atoms with E-state index in [9.17, 15) is 4.79 Å². The van der Waals surface area contributed by atoms with Crippen molar-refractivity contribution in [3.8, 4) is 10.8 Å². The number of aryl methyl sites for hydroxylation is 1. The monoisotopic (exact) mass is 446 g/mol. The van der Waals surface area contributed by atoms with Crippen molar-refractivity contribution in [1.29, 1.82) is 0 Å². The van der Waals surface area contributed by atoms with Crippen LogP contribution in [0.3, 0.4) is 0 Å². The lowest BCUT2D eigenvalue weighted by atomic mass is 9.98. The van der Waals surface area contributed by atoms with E-state index in [0.717, 1.165) is 33.5 Å². The van der Waals surface area contributed by atoms with E-state index in [0.29, 0.717) is 22.9 Å². The Labute approximate surface area is 180 Å². The summed E-state index contributed by atoms with van der Waals surface area (Å²) in [6, 6.07) is 3.90. The average molecular weight is 447 g/mol. The molecule has 4 rings (SSSR count). The maximum Gasteiger partial charge on any atom is 0.260 e. The standard InChI is InChI=1S/C20H22N4O2S3/c1-5-10(2)9-13-11(3)28-19-15(13)16(25)21-20(22-19)29-12(4)17-23-24-18(26-17)14-7-6-8-27-14/h6-8,10,12H,5,9H2,1-4H3,(H,21,22,25). The number of nitrogens with zero attached hydrogens (tertiary/aromatic N) is 3. The molecular weight excluding hydrogens is 424 g/mol. The molecule has 9 heteroatoms. The molecule has 0 radical (unpaired) electrons. The highest BCUT2D eigenvalue weighted by Crippen LogP contribution is 2.36. The van der Waals surface area contributed by atoms with Crippen LogP contribution in [0.15, 0.2) is 31.9 Å². The molecule has 0 aromatic carbocycles. The van der Waals surface area contributed by atoms with Crippen molar-refractivity contribution in [2.45, 2.75) is 50.9 Å². The van der Waals surface area contributed by atoms with Crippen LogP contribution in [0.4, 0.5) is 0 Å². The SMILES string of the molecule is CCC(C)Cc1c(C)sc2nc(SC(C)c3nnc(-c4cccs4)o3)[nH]c(=O)c12. The first-order valence-electron chi connectivity index (χ1n) is 9.52. The highest BCUT2D eigenvalue weighted by Gasteiger charge is 2.21. The molecule has 0 aliphatic carbocycles. The van der Waals surface area contributed by atoms with Crippen LogP contribution in [-0.4, -0.2) is 20.2 Å². The Morgan fingerprint density at radius 3 is 2.86 bits per heavy atom. The van der Waals surface area contributed by atoms with Crippen LogP contribution >= 0.6 is 34.4 Å². The normalized spacial score (nSPS) is 13.8. The Bertz CT molecular complexity index is 1180. The molecule has 0 amide bonds. The first kappa shape index (κ1) is 20.3. The third-order valence-corrected chi connectivity index (χ3v) is 7.77. The molecule has 29 heavy (non-hydrogen) atoms. The van der Waals surface area contributed by atoms with E-state index in [1.54, 1.807) is 22.7 Å². The minimum atomic E-state index is -0.127. The van der Waals surface area contributed by atoms with Crippen molar-refractivity contribution in [2.75, 3.05) is 0 Å². The van der Waals surface area contributed by atoms with Gasteiger partial charge in [0.05, 0.1) is 15.5 Å². The molecule has 2 unspecified atom stereocenters. The van der Waals surface area contributed by atoms with E-state index in [-0.39, 0.29) is 10.8 Å². The molecule has 0 saturated heterocycles. The number of nitrogens with one attached hydrogen (secondary N) is 1. The van der Waals surface area contributed by atoms with Gasteiger partial charge in [-0.25, -0.2) is 4.98 Å². The number of rotatable bonds is 7. The van der Waals surface area contributed by atoms with Gasteiger partial charge >= 0.3 is 0 Å². The van der Waals surface area contributed by atoms with Crippen LogP contribution in [0.5, 0.6) is 0 Å². The molecule has 0 fully saturated rings. The van der Waals surface area contributed by atoms with Gasteiger partial charge in [-0.2, -0.15) is 0 Å². The van der Waals surface area contributed by atoms with Gasteiger partial charge in [-0.05, 0) is 43.2 Å². The van der Waals surface area contributed by atoms with Crippen molar-refractivity contribution in [3.63, 3.8) is 0 Å². The lowest BCUT2D eigenvalue weighted by Gasteiger charge is -2.08. The molecule has 0 aliphatic rings. The Kier molecular flexibility index (Phi) is 5.89. The number of thioether (sulfide) groups is 1. The molecule has 0 spiro atoms. The predicted octanol–water partition coefficient (Wildman–Crippen LogP) is 5.85. The van der Waals surface area contributed by atoms with Gasteiger partial charge in [-0.3, -0.25) is 4.79 Å². The summed E-state index contributed by atoms with van der Waals surface area (Å²) in [5.74, 6) is 1.57. The minimum Gasteiger partial charge on any atom is -0.419 e. The summed E-state index contributed by atoms with van der Waals surface area (Å²) in [6.07, 6.45) is 1.99. The second-order valence-corrected chi connectivity index (χ2v) is 10.6. The Morgan fingerprint density at radius 2 is 2.14 bits per heavy atom. The van der Waals surface area contributed by atoms with Crippen molar-refractivity contribution in [1.82, 2.24) is 20.2 Å². The highest BCUT2D eigenvalue weighted by molar-refractivity contribution is 7.99. The van der Waals surface area contributed by atoms with E-state index in [4.69, 9.17) is 9.40 Å². The fourth-order valence-electron chi connectivity index (χ4n) is 3.07. The maximum atomic E-state index is 12.8. The quantitative estimate of drug-likeness (QED) is 0.283. The largest absolute Gasteiger partial charge is 0.419 e. The van der Waals surface area contributed by atoms with Gasteiger partial charge < -0.3 is 9.40 Å². The molecular formula is C20H22N4O2S3. The number of thiophene rings is 2. The average Bonchev–Trinajstić information content (AvgIpc) is 3.41. The van der Waals surface area contributed by atoms with Crippen LogP contribution in [0.1, 0.15) is 48.8 Å².